The maximum atomic E-state index is 5.90. The number of hydrogen-bond acceptors (Lipinski definition) is 4. The predicted molar refractivity (Wildman–Crippen MR) is 89.3 cm³/mol. The fraction of sp³-hybridized carbons (Fsp3) is 0.353. The molecule has 1 aromatic carbocycles. The van der Waals surface area contributed by atoms with E-state index in [1.165, 1.54) is 10.5 Å². The van der Waals surface area contributed by atoms with Gasteiger partial charge in [-0.25, -0.2) is 4.98 Å². The van der Waals surface area contributed by atoms with Crippen LogP contribution < -0.4 is 10.1 Å². The Morgan fingerprint density at radius 1 is 1.19 bits per heavy atom. The molecule has 0 radical (unpaired) electrons. The van der Waals surface area contributed by atoms with E-state index in [9.17, 15) is 0 Å². The summed E-state index contributed by atoms with van der Waals surface area (Å²) in [6, 6.07) is 12.2. The fourth-order valence-corrected chi connectivity index (χ4v) is 2.54. The average molecular weight is 302 g/mol. The molecule has 1 aromatic heterocycles. The molecule has 112 valence electrons. The van der Waals surface area contributed by atoms with Crippen LogP contribution in [0.5, 0.6) is 11.6 Å². The molecule has 3 nitrogen and oxygen atoms in total. The van der Waals surface area contributed by atoms with Crippen LogP contribution in [-0.2, 0) is 13.0 Å². The molecule has 0 saturated heterocycles. The number of pyridine rings is 1. The summed E-state index contributed by atoms with van der Waals surface area (Å²) in [5.41, 5.74) is 2.28. The van der Waals surface area contributed by atoms with Gasteiger partial charge < -0.3 is 10.1 Å². The number of rotatable bonds is 7. The van der Waals surface area contributed by atoms with E-state index in [0.29, 0.717) is 5.88 Å². The number of hydrogen-bond donors (Lipinski definition) is 1. The topological polar surface area (TPSA) is 34.1 Å². The van der Waals surface area contributed by atoms with Gasteiger partial charge in [0, 0.05) is 23.2 Å². The molecule has 0 saturated carbocycles. The minimum atomic E-state index is 0.670. The second kappa shape index (κ2) is 8.05. The number of nitrogens with one attached hydrogen (secondary N) is 1. The lowest BCUT2D eigenvalue weighted by Gasteiger charge is -2.10. The first-order valence-electron chi connectivity index (χ1n) is 7.21. The van der Waals surface area contributed by atoms with Crippen LogP contribution in [0.3, 0.4) is 0 Å². The van der Waals surface area contributed by atoms with Crippen LogP contribution in [0.2, 0.25) is 0 Å². The molecule has 0 fully saturated rings. The molecule has 0 unspecified atom stereocenters. The van der Waals surface area contributed by atoms with Gasteiger partial charge in [0.25, 0.3) is 0 Å². The molecule has 0 aliphatic carbocycles. The third-order valence-corrected chi connectivity index (χ3v) is 3.83. The quantitative estimate of drug-likeness (QED) is 0.775. The highest BCUT2D eigenvalue weighted by molar-refractivity contribution is 7.98. The minimum absolute atomic E-state index is 0.670. The van der Waals surface area contributed by atoms with Gasteiger partial charge in [0.15, 0.2) is 0 Å². The Morgan fingerprint density at radius 2 is 1.95 bits per heavy atom. The number of aromatic nitrogens is 1. The SMILES string of the molecule is CCCc1cc(CNC)cc(Oc2ccc(SC)cc2)n1. The Hall–Kier alpha value is -1.52. The van der Waals surface area contributed by atoms with Crippen LogP contribution in [0.1, 0.15) is 24.6 Å². The maximum absolute atomic E-state index is 5.90. The van der Waals surface area contributed by atoms with Crippen LogP contribution >= 0.6 is 11.8 Å². The van der Waals surface area contributed by atoms with E-state index < -0.39 is 0 Å². The van der Waals surface area contributed by atoms with Crippen molar-refractivity contribution in [2.45, 2.75) is 31.2 Å². The molecule has 0 amide bonds. The summed E-state index contributed by atoms with van der Waals surface area (Å²) in [5, 5.41) is 3.17. The van der Waals surface area contributed by atoms with Crippen LogP contribution in [0.15, 0.2) is 41.3 Å². The summed E-state index contributed by atoms with van der Waals surface area (Å²) in [7, 11) is 1.95. The number of aryl methyl sites for hydroxylation is 1. The van der Waals surface area contributed by atoms with Crippen molar-refractivity contribution in [2.24, 2.45) is 0 Å². The second-order valence-corrected chi connectivity index (χ2v) is 5.74. The van der Waals surface area contributed by atoms with E-state index in [1.54, 1.807) is 11.8 Å². The molecule has 0 spiro atoms. The monoisotopic (exact) mass is 302 g/mol. The van der Waals surface area contributed by atoms with Crippen LogP contribution in [0, 0.1) is 0 Å². The first kappa shape index (κ1) is 15.9. The van der Waals surface area contributed by atoms with Gasteiger partial charge in [0.2, 0.25) is 5.88 Å². The van der Waals surface area contributed by atoms with E-state index in [-0.39, 0.29) is 0 Å². The van der Waals surface area contributed by atoms with Gasteiger partial charge in [-0.15, -0.1) is 11.8 Å². The van der Waals surface area contributed by atoms with E-state index >= 15 is 0 Å². The molecule has 1 heterocycles. The molecule has 2 rings (SSSR count). The minimum Gasteiger partial charge on any atom is -0.439 e. The van der Waals surface area contributed by atoms with Crippen molar-refractivity contribution in [3.8, 4) is 11.6 Å². The molecule has 0 atom stereocenters. The molecule has 1 N–H and O–H groups in total. The Kier molecular flexibility index (Phi) is 6.08. The first-order chi connectivity index (χ1) is 10.2. The summed E-state index contributed by atoms with van der Waals surface area (Å²) in [6.07, 6.45) is 4.12. The van der Waals surface area contributed by atoms with Gasteiger partial charge in [-0.2, -0.15) is 0 Å². The standard InChI is InChI=1S/C17H22N2OS/c1-4-5-14-10-13(12-18-2)11-17(19-14)20-15-6-8-16(21-3)9-7-15/h6-11,18H,4-5,12H2,1-3H3. The second-order valence-electron chi connectivity index (χ2n) is 4.86. The predicted octanol–water partition coefficient (Wildman–Crippen LogP) is 4.27. The van der Waals surface area contributed by atoms with Gasteiger partial charge >= 0.3 is 0 Å². The Morgan fingerprint density at radius 3 is 2.57 bits per heavy atom. The van der Waals surface area contributed by atoms with Gasteiger partial charge in [-0.05, 0) is 55.6 Å². The lowest BCUT2D eigenvalue weighted by atomic mass is 10.1. The van der Waals surface area contributed by atoms with Crippen LogP contribution in [0.4, 0.5) is 0 Å². The lowest BCUT2D eigenvalue weighted by Crippen LogP contribution is -2.06. The molecule has 0 aliphatic heterocycles. The Balaban J connectivity index is 2.20. The highest BCUT2D eigenvalue weighted by atomic mass is 32.2. The third kappa shape index (κ3) is 4.76. The lowest BCUT2D eigenvalue weighted by molar-refractivity contribution is 0.459. The highest BCUT2D eigenvalue weighted by Crippen LogP contribution is 2.24. The summed E-state index contributed by atoms with van der Waals surface area (Å²) >= 11 is 1.72. The fourth-order valence-electron chi connectivity index (χ4n) is 2.13. The van der Waals surface area contributed by atoms with Crippen molar-refractivity contribution in [3.05, 3.63) is 47.7 Å². The largest absolute Gasteiger partial charge is 0.439 e. The van der Waals surface area contributed by atoms with Crippen LogP contribution in [-0.4, -0.2) is 18.3 Å². The van der Waals surface area contributed by atoms with Crippen molar-refractivity contribution >= 4 is 11.8 Å². The van der Waals surface area contributed by atoms with Gasteiger partial charge in [0.05, 0.1) is 0 Å². The summed E-state index contributed by atoms with van der Waals surface area (Å²) in [4.78, 5) is 5.82. The zero-order chi connectivity index (χ0) is 15.1. The van der Waals surface area contributed by atoms with Gasteiger partial charge in [-0.3, -0.25) is 0 Å². The Bertz CT molecular complexity index is 545. The summed E-state index contributed by atoms with van der Waals surface area (Å²) < 4.78 is 5.90. The number of thioether (sulfide) groups is 1. The highest BCUT2D eigenvalue weighted by Gasteiger charge is 2.05. The maximum Gasteiger partial charge on any atom is 0.219 e. The summed E-state index contributed by atoms with van der Waals surface area (Å²) in [5.74, 6) is 1.49. The normalized spacial score (nSPS) is 10.6. The molecule has 2 aromatic rings. The van der Waals surface area contributed by atoms with E-state index in [4.69, 9.17) is 4.74 Å². The molecule has 0 bridgehead atoms. The molecule has 4 heteroatoms. The molecular formula is C17H22N2OS. The number of ether oxygens (including phenoxy) is 1. The Labute approximate surface area is 131 Å². The van der Waals surface area contributed by atoms with Crippen molar-refractivity contribution in [2.75, 3.05) is 13.3 Å². The first-order valence-corrected chi connectivity index (χ1v) is 8.44. The third-order valence-electron chi connectivity index (χ3n) is 3.08. The average Bonchev–Trinajstić information content (AvgIpc) is 2.48. The van der Waals surface area contributed by atoms with E-state index in [0.717, 1.165) is 30.8 Å². The summed E-state index contributed by atoms with van der Waals surface area (Å²) in [6.45, 7) is 2.98. The molecular weight excluding hydrogens is 280 g/mol. The zero-order valence-electron chi connectivity index (χ0n) is 12.8. The van der Waals surface area contributed by atoms with Gasteiger partial charge in [0.1, 0.15) is 5.75 Å². The van der Waals surface area contributed by atoms with Crippen molar-refractivity contribution in [1.82, 2.24) is 10.3 Å². The van der Waals surface area contributed by atoms with E-state index in [2.05, 4.69) is 41.7 Å². The van der Waals surface area contributed by atoms with E-state index in [1.807, 2.05) is 25.2 Å². The smallest absolute Gasteiger partial charge is 0.219 e. The molecule has 0 aliphatic rings. The number of benzene rings is 1. The van der Waals surface area contributed by atoms with Crippen LogP contribution in [0.25, 0.3) is 0 Å². The van der Waals surface area contributed by atoms with Crippen molar-refractivity contribution in [1.29, 1.82) is 0 Å². The van der Waals surface area contributed by atoms with Crippen molar-refractivity contribution in [3.63, 3.8) is 0 Å². The number of nitrogens with zero attached hydrogens (tertiary/aromatic N) is 1. The zero-order valence-corrected chi connectivity index (χ0v) is 13.7. The van der Waals surface area contributed by atoms with Crippen molar-refractivity contribution < 1.29 is 4.74 Å². The molecule has 21 heavy (non-hydrogen) atoms. The van der Waals surface area contributed by atoms with Gasteiger partial charge in [-0.1, -0.05) is 13.3 Å².